The number of imidazole rings is 1. The molecule has 1 heterocycles. The average molecular weight is 250 g/mol. The van der Waals surface area contributed by atoms with Gasteiger partial charge in [0.15, 0.2) is 0 Å². The zero-order valence-electron chi connectivity index (χ0n) is 9.97. The lowest BCUT2D eigenvalue weighted by Crippen LogP contribution is -2.15. The van der Waals surface area contributed by atoms with Crippen LogP contribution in [-0.4, -0.2) is 9.55 Å². The number of rotatable bonds is 3. The molecule has 0 radical (unpaired) electrons. The summed E-state index contributed by atoms with van der Waals surface area (Å²) in [4.78, 5) is 4.16. The molecule has 3 nitrogen and oxygen atoms in total. The van der Waals surface area contributed by atoms with Crippen molar-refractivity contribution in [2.24, 2.45) is 5.73 Å². The summed E-state index contributed by atoms with van der Waals surface area (Å²) in [6, 6.07) is 7.93. The number of hydrogen-bond acceptors (Lipinski definition) is 2. The van der Waals surface area contributed by atoms with E-state index in [0.29, 0.717) is 0 Å². The second kappa shape index (κ2) is 4.90. The predicted octanol–water partition coefficient (Wildman–Crippen LogP) is 3.17. The van der Waals surface area contributed by atoms with Crippen LogP contribution in [0.2, 0.25) is 5.02 Å². The van der Waals surface area contributed by atoms with Gasteiger partial charge in [-0.05, 0) is 25.5 Å². The largest absolute Gasteiger partial charge is 0.326 e. The van der Waals surface area contributed by atoms with E-state index in [1.54, 1.807) is 12.5 Å². The van der Waals surface area contributed by atoms with Gasteiger partial charge in [0.2, 0.25) is 0 Å². The Bertz CT molecular complexity index is 505. The molecule has 0 amide bonds. The van der Waals surface area contributed by atoms with Gasteiger partial charge in [-0.15, -0.1) is 0 Å². The maximum absolute atomic E-state index is 6.20. The highest BCUT2D eigenvalue weighted by molar-refractivity contribution is 6.31. The molecule has 2 unspecified atom stereocenters. The van der Waals surface area contributed by atoms with Gasteiger partial charge in [-0.1, -0.05) is 29.8 Å². The summed E-state index contributed by atoms with van der Waals surface area (Å²) in [5.41, 5.74) is 8.01. The molecule has 0 bridgehead atoms. The molecule has 2 aromatic rings. The molecule has 4 heteroatoms. The third-order valence-electron chi connectivity index (χ3n) is 2.94. The summed E-state index contributed by atoms with van der Waals surface area (Å²) < 4.78 is 2.06. The SMILES string of the molecule is CC(N)c1cncn1C(C)c1ccccc1Cl. The lowest BCUT2D eigenvalue weighted by molar-refractivity contribution is 0.582. The minimum atomic E-state index is -0.0394. The second-order valence-corrected chi connectivity index (χ2v) is 4.62. The molecule has 2 atom stereocenters. The quantitative estimate of drug-likeness (QED) is 0.908. The summed E-state index contributed by atoms with van der Waals surface area (Å²) >= 11 is 6.20. The lowest BCUT2D eigenvalue weighted by Gasteiger charge is -2.19. The van der Waals surface area contributed by atoms with E-state index in [9.17, 15) is 0 Å². The standard InChI is InChI=1S/C13H16ClN3/c1-9(15)13-7-16-8-17(13)10(2)11-5-3-4-6-12(11)14/h3-10H,15H2,1-2H3. The van der Waals surface area contributed by atoms with Crippen molar-refractivity contribution >= 4 is 11.6 Å². The van der Waals surface area contributed by atoms with Crippen molar-refractivity contribution in [1.82, 2.24) is 9.55 Å². The topological polar surface area (TPSA) is 43.8 Å². The number of aromatic nitrogens is 2. The average Bonchev–Trinajstić information content (AvgIpc) is 2.77. The Balaban J connectivity index is 2.41. The molecule has 0 fully saturated rings. The first-order valence-electron chi connectivity index (χ1n) is 5.63. The summed E-state index contributed by atoms with van der Waals surface area (Å²) in [5.74, 6) is 0. The summed E-state index contributed by atoms with van der Waals surface area (Å²) in [6.45, 7) is 4.04. The van der Waals surface area contributed by atoms with Gasteiger partial charge < -0.3 is 10.3 Å². The maximum atomic E-state index is 6.20. The summed E-state index contributed by atoms with van der Waals surface area (Å²) in [7, 11) is 0. The molecular formula is C13H16ClN3. The van der Waals surface area contributed by atoms with Gasteiger partial charge in [-0.2, -0.15) is 0 Å². The third-order valence-corrected chi connectivity index (χ3v) is 3.28. The van der Waals surface area contributed by atoms with Crippen LogP contribution in [0, 0.1) is 0 Å². The van der Waals surface area contributed by atoms with Crippen LogP contribution in [-0.2, 0) is 0 Å². The predicted molar refractivity (Wildman–Crippen MR) is 70.1 cm³/mol. The highest BCUT2D eigenvalue weighted by Crippen LogP contribution is 2.27. The molecule has 0 aliphatic rings. The van der Waals surface area contributed by atoms with Gasteiger partial charge in [0.1, 0.15) is 0 Å². The number of halogens is 1. The summed E-state index contributed by atoms with van der Waals surface area (Å²) in [5, 5.41) is 0.768. The molecule has 1 aromatic carbocycles. The van der Waals surface area contributed by atoms with Crippen LogP contribution in [0.25, 0.3) is 0 Å². The number of nitrogens with zero attached hydrogens (tertiary/aromatic N) is 2. The fourth-order valence-corrected chi connectivity index (χ4v) is 2.25. The first-order valence-corrected chi connectivity index (χ1v) is 6.00. The highest BCUT2D eigenvalue weighted by atomic mass is 35.5. The van der Waals surface area contributed by atoms with Crippen LogP contribution >= 0.6 is 11.6 Å². The number of benzene rings is 1. The van der Waals surface area contributed by atoms with Gasteiger partial charge >= 0.3 is 0 Å². The molecule has 0 saturated carbocycles. The van der Waals surface area contributed by atoms with Crippen molar-refractivity contribution in [3.05, 3.63) is 53.1 Å². The monoisotopic (exact) mass is 249 g/mol. The second-order valence-electron chi connectivity index (χ2n) is 4.21. The van der Waals surface area contributed by atoms with E-state index in [2.05, 4.69) is 16.5 Å². The van der Waals surface area contributed by atoms with Gasteiger partial charge in [0, 0.05) is 17.3 Å². The first kappa shape index (κ1) is 12.1. The first-order chi connectivity index (χ1) is 8.11. The van der Waals surface area contributed by atoms with Crippen molar-refractivity contribution in [2.75, 3.05) is 0 Å². The van der Waals surface area contributed by atoms with Crippen LogP contribution in [0.5, 0.6) is 0 Å². The van der Waals surface area contributed by atoms with E-state index in [-0.39, 0.29) is 12.1 Å². The van der Waals surface area contributed by atoms with Crippen LogP contribution < -0.4 is 5.73 Å². The van der Waals surface area contributed by atoms with Gasteiger partial charge in [0.05, 0.1) is 18.1 Å². The van der Waals surface area contributed by atoms with Crippen LogP contribution in [0.4, 0.5) is 0 Å². The van der Waals surface area contributed by atoms with E-state index in [0.717, 1.165) is 16.3 Å². The van der Waals surface area contributed by atoms with Crippen molar-refractivity contribution in [2.45, 2.75) is 25.9 Å². The van der Waals surface area contributed by atoms with Crippen LogP contribution in [0.3, 0.4) is 0 Å². The molecule has 0 spiro atoms. The molecule has 17 heavy (non-hydrogen) atoms. The van der Waals surface area contributed by atoms with E-state index in [1.165, 1.54) is 0 Å². The maximum Gasteiger partial charge on any atom is 0.0954 e. The zero-order chi connectivity index (χ0) is 12.4. The molecule has 0 aliphatic carbocycles. The molecule has 1 aromatic heterocycles. The minimum absolute atomic E-state index is 0.0394. The normalized spacial score (nSPS) is 14.6. The van der Waals surface area contributed by atoms with Crippen molar-refractivity contribution in [1.29, 1.82) is 0 Å². The van der Waals surface area contributed by atoms with E-state index >= 15 is 0 Å². The Morgan fingerprint density at radius 1 is 1.29 bits per heavy atom. The van der Waals surface area contributed by atoms with Gasteiger partial charge in [0.25, 0.3) is 0 Å². The van der Waals surface area contributed by atoms with Crippen LogP contribution in [0.1, 0.15) is 37.2 Å². The number of hydrogen-bond donors (Lipinski definition) is 1. The summed E-state index contributed by atoms with van der Waals surface area (Å²) in [6.07, 6.45) is 3.60. The fraction of sp³-hybridized carbons (Fsp3) is 0.308. The fourth-order valence-electron chi connectivity index (χ4n) is 1.95. The third kappa shape index (κ3) is 2.35. The molecule has 0 saturated heterocycles. The molecule has 0 aliphatic heterocycles. The molecular weight excluding hydrogens is 234 g/mol. The van der Waals surface area contributed by atoms with Crippen molar-refractivity contribution in [3.8, 4) is 0 Å². The van der Waals surface area contributed by atoms with Gasteiger partial charge in [-0.25, -0.2) is 4.98 Å². The van der Waals surface area contributed by atoms with E-state index in [4.69, 9.17) is 17.3 Å². The van der Waals surface area contributed by atoms with Crippen LogP contribution in [0.15, 0.2) is 36.8 Å². The van der Waals surface area contributed by atoms with Crippen molar-refractivity contribution < 1.29 is 0 Å². The minimum Gasteiger partial charge on any atom is -0.326 e. The lowest BCUT2D eigenvalue weighted by atomic mass is 10.1. The highest BCUT2D eigenvalue weighted by Gasteiger charge is 2.15. The molecule has 2 rings (SSSR count). The van der Waals surface area contributed by atoms with E-state index in [1.807, 2.05) is 31.2 Å². The zero-order valence-corrected chi connectivity index (χ0v) is 10.7. The van der Waals surface area contributed by atoms with E-state index < -0.39 is 0 Å². The van der Waals surface area contributed by atoms with Gasteiger partial charge in [-0.3, -0.25) is 0 Å². The Hall–Kier alpha value is -1.32. The Labute approximate surface area is 106 Å². The molecule has 2 N–H and O–H groups in total. The smallest absolute Gasteiger partial charge is 0.0954 e. The Kier molecular flexibility index (Phi) is 3.50. The Morgan fingerprint density at radius 3 is 2.65 bits per heavy atom. The van der Waals surface area contributed by atoms with Crippen molar-refractivity contribution in [3.63, 3.8) is 0 Å². The Morgan fingerprint density at radius 2 is 2.00 bits per heavy atom. The molecule has 90 valence electrons. The number of nitrogens with two attached hydrogens (primary N) is 1.